The number of unbranched alkanes of at least 4 members (excludes halogenated alkanes) is 3. The maximum Gasteiger partial charge on any atom is 0.259 e. The van der Waals surface area contributed by atoms with Crippen LogP contribution in [-0.4, -0.2) is 40.5 Å². The number of phenols is 2. The van der Waals surface area contributed by atoms with Gasteiger partial charge in [-0.3, -0.25) is 4.79 Å². The Morgan fingerprint density at radius 2 is 1.91 bits per heavy atom. The Balaban J connectivity index is 2.83. The first-order valence-corrected chi connectivity index (χ1v) is 8.11. The van der Waals surface area contributed by atoms with Gasteiger partial charge >= 0.3 is 0 Å². The number of amides is 1. The first-order valence-electron chi connectivity index (χ1n) is 8.11. The summed E-state index contributed by atoms with van der Waals surface area (Å²) in [7, 11) is 0. The van der Waals surface area contributed by atoms with Crippen LogP contribution in [0.25, 0.3) is 0 Å². The lowest BCUT2D eigenvalue weighted by atomic mass is 10.1. The number of benzene rings is 1. The standard InChI is InChI=1S/C17H27NO5/c1-3-4-5-6-7-12(2)23-16-14(21)9-8-13(20)15(16)17(22)18-10-11-19/h8-9,12,19-21H,3-7,10-11H2,1-2H3,(H,18,22). The van der Waals surface area contributed by atoms with Gasteiger partial charge in [0.1, 0.15) is 11.3 Å². The molecule has 1 aromatic rings. The van der Waals surface area contributed by atoms with Crippen LogP contribution in [0.3, 0.4) is 0 Å². The molecule has 1 aromatic carbocycles. The van der Waals surface area contributed by atoms with Crippen molar-refractivity contribution in [3.63, 3.8) is 0 Å². The van der Waals surface area contributed by atoms with Crippen molar-refractivity contribution in [2.24, 2.45) is 0 Å². The van der Waals surface area contributed by atoms with Gasteiger partial charge in [0.05, 0.1) is 12.7 Å². The number of hydrogen-bond donors (Lipinski definition) is 4. The summed E-state index contributed by atoms with van der Waals surface area (Å²) in [5, 5.41) is 31.1. The molecule has 0 radical (unpaired) electrons. The zero-order chi connectivity index (χ0) is 17.2. The van der Waals surface area contributed by atoms with Crippen molar-refractivity contribution < 1.29 is 24.9 Å². The van der Waals surface area contributed by atoms with E-state index in [-0.39, 0.29) is 42.1 Å². The maximum absolute atomic E-state index is 12.1. The van der Waals surface area contributed by atoms with Gasteiger partial charge < -0.3 is 25.4 Å². The van der Waals surface area contributed by atoms with E-state index in [1.54, 1.807) is 0 Å². The number of phenolic OH excluding ortho intramolecular Hbond substituents is 2. The van der Waals surface area contributed by atoms with E-state index in [4.69, 9.17) is 9.84 Å². The van der Waals surface area contributed by atoms with Crippen LogP contribution < -0.4 is 10.1 Å². The molecule has 0 aliphatic rings. The normalized spacial score (nSPS) is 12.0. The molecule has 1 rings (SSSR count). The number of aliphatic hydroxyl groups is 1. The van der Waals surface area contributed by atoms with Crippen molar-refractivity contribution in [2.75, 3.05) is 13.2 Å². The molecule has 0 bridgehead atoms. The number of nitrogens with one attached hydrogen (secondary N) is 1. The number of ether oxygens (including phenoxy) is 1. The molecule has 0 spiro atoms. The van der Waals surface area contributed by atoms with Crippen molar-refractivity contribution in [2.45, 2.75) is 52.1 Å². The van der Waals surface area contributed by atoms with Crippen LogP contribution >= 0.6 is 0 Å². The minimum absolute atomic E-state index is 0.0246. The van der Waals surface area contributed by atoms with Gasteiger partial charge in [0.2, 0.25) is 0 Å². The molecule has 1 atom stereocenters. The van der Waals surface area contributed by atoms with Crippen molar-refractivity contribution in [3.8, 4) is 17.2 Å². The molecule has 0 aromatic heterocycles. The van der Waals surface area contributed by atoms with Crippen LogP contribution in [-0.2, 0) is 0 Å². The van der Waals surface area contributed by atoms with Gasteiger partial charge in [-0.2, -0.15) is 0 Å². The minimum Gasteiger partial charge on any atom is -0.507 e. The minimum atomic E-state index is -0.597. The van der Waals surface area contributed by atoms with Crippen LogP contribution in [0.2, 0.25) is 0 Å². The first kappa shape index (κ1) is 19.1. The summed E-state index contributed by atoms with van der Waals surface area (Å²) in [5.41, 5.74) is -0.112. The fourth-order valence-electron chi connectivity index (χ4n) is 2.28. The highest BCUT2D eigenvalue weighted by atomic mass is 16.5. The molecule has 0 fully saturated rings. The average molecular weight is 325 g/mol. The summed E-state index contributed by atoms with van der Waals surface area (Å²) in [4.78, 5) is 12.1. The van der Waals surface area contributed by atoms with E-state index in [0.29, 0.717) is 0 Å². The third-order valence-electron chi connectivity index (χ3n) is 3.52. The topological polar surface area (TPSA) is 99.0 Å². The van der Waals surface area contributed by atoms with Gasteiger partial charge in [-0.05, 0) is 31.9 Å². The third kappa shape index (κ3) is 5.98. The largest absolute Gasteiger partial charge is 0.507 e. The van der Waals surface area contributed by atoms with E-state index in [1.165, 1.54) is 18.6 Å². The summed E-state index contributed by atoms with van der Waals surface area (Å²) < 4.78 is 5.71. The molecule has 1 unspecified atom stereocenters. The predicted molar refractivity (Wildman–Crippen MR) is 88.0 cm³/mol. The molecule has 0 saturated carbocycles. The molecule has 6 nitrogen and oxygen atoms in total. The fraction of sp³-hybridized carbons (Fsp3) is 0.588. The van der Waals surface area contributed by atoms with Gasteiger partial charge in [0.15, 0.2) is 11.5 Å². The lowest BCUT2D eigenvalue weighted by Gasteiger charge is -2.19. The van der Waals surface area contributed by atoms with Crippen molar-refractivity contribution in [1.29, 1.82) is 0 Å². The number of hydrogen-bond acceptors (Lipinski definition) is 5. The van der Waals surface area contributed by atoms with Crippen LogP contribution in [0.5, 0.6) is 17.2 Å². The van der Waals surface area contributed by atoms with E-state index in [9.17, 15) is 15.0 Å². The Morgan fingerprint density at radius 3 is 2.57 bits per heavy atom. The molecule has 1 amide bonds. The second-order valence-electron chi connectivity index (χ2n) is 5.57. The van der Waals surface area contributed by atoms with Gasteiger partial charge in [0, 0.05) is 6.54 Å². The van der Waals surface area contributed by atoms with Gasteiger partial charge in [-0.15, -0.1) is 0 Å². The molecule has 130 valence electrons. The predicted octanol–water partition coefficient (Wildman–Crippen LogP) is 2.56. The van der Waals surface area contributed by atoms with E-state index in [0.717, 1.165) is 25.7 Å². The molecule has 0 saturated heterocycles. The second-order valence-corrected chi connectivity index (χ2v) is 5.57. The summed E-state index contributed by atoms with van der Waals surface area (Å²) in [6.07, 6.45) is 5.04. The van der Waals surface area contributed by atoms with E-state index in [2.05, 4.69) is 12.2 Å². The Labute approximate surface area is 137 Å². The molecular weight excluding hydrogens is 298 g/mol. The van der Waals surface area contributed by atoms with Gasteiger partial charge in [-0.1, -0.05) is 26.2 Å². The van der Waals surface area contributed by atoms with Crippen LogP contribution in [0, 0.1) is 0 Å². The van der Waals surface area contributed by atoms with Gasteiger partial charge in [-0.25, -0.2) is 0 Å². The molecule has 0 heterocycles. The van der Waals surface area contributed by atoms with Crippen LogP contribution in [0.1, 0.15) is 56.3 Å². The molecule has 4 N–H and O–H groups in total. The lowest BCUT2D eigenvalue weighted by Crippen LogP contribution is -2.27. The number of carbonyl (C=O) groups is 1. The Bertz CT molecular complexity index is 504. The SMILES string of the molecule is CCCCCCC(C)Oc1c(O)ccc(O)c1C(=O)NCCO. The molecular formula is C17H27NO5. The Kier molecular flexibility index (Phi) is 8.26. The summed E-state index contributed by atoms with van der Waals surface area (Å²) in [6.45, 7) is 3.85. The summed E-state index contributed by atoms with van der Waals surface area (Å²) >= 11 is 0. The summed E-state index contributed by atoms with van der Waals surface area (Å²) in [5.74, 6) is -1.09. The highest BCUT2D eigenvalue weighted by Crippen LogP contribution is 2.37. The number of rotatable bonds is 10. The maximum atomic E-state index is 12.1. The third-order valence-corrected chi connectivity index (χ3v) is 3.52. The van der Waals surface area contributed by atoms with Crippen molar-refractivity contribution in [1.82, 2.24) is 5.32 Å². The molecule has 0 aliphatic heterocycles. The summed E-state index contributed by atoms with van der Waals surface area (Å²) in [6, 6.07) is 2.53. The fourth-order valence-corrected chi connectivity index (χ4v) is 2.28. The highest BCUT2D eigenvalue weighted by Gasteiger charge is 2.22. The van der Waals surface area contributed by atoms with E-state index < -0.39 is 5.91 Å². The average Bonchev–Trinajstić information content (AvgIpc) is 2.53. The van der Waals surface area contributed by atoms with E-state index >= 15 is 0 Å². The second kappa shape index (κ2) is 9.94. The van der Waals surface area contributed by atoms with Crippen LogP contribution in [0.4, 0.5) is 0 Å². The first-order chi connectivity index (χ1) is 11.0. The zero-order valence-electron chi connectivity index (χ0n) is 13.8. The number of aromatic hydroxyl groups is 2. The zero-order valence-corrected chi connectivity index (χ0v) is 13.8. The number of carbonyl (C=O) groups excluding carboxylic acids is 1. The smallest absolute Gasteiger partial charge is 0.259 e. The Morgan fingerprint density at radius 1 is 1.22 bits per heavy atom. The highest BCUT2D eigenvalue weighted by molar-refractivity contribution is 6.00. The van der Waals surface area contributed by atoms with Crippen molar-refractivity contribution >= 4 is 5.91 Å². The molecule has 6 heteroatoms. The Hall–Kier alpha value is -1.95. The monoisotopic (exact) mass is 325 g/mol. The molecule has 23 heavy (non-hydrogen) atoms. The van der Waals surface area contributed by atoms with Crippen molar-refractivity contribution in [3.05, 3.63) is 17.7 Å². The van der Waals surface area contributed by atoms with Crippen LogP contribution in [0.15, 0.2) is 12.1 Å². The lowest BCUT2D eigenvalue weighted by molar-refractivity contribution is 0.0933. The molecule has 0 aliphatic carbocycles. The number of aliphatic hydroxyl groups excluding tert-OH is 1. The quantitative estimate of drug-likeness (QED) is 0.391. The van der Waals surface area contributed by atoms with Gasteiger partial charge in [0.25, 0.3) is 5.91 Å². The van der Waals surface area contributed by atoms with E-state index in [1.807, 2.05) is 6.92 Å².